The van der Waals surface area contributed by atoms with E-state index in [0.29, 0.717) is 11.1 Å². The van der Waals surface area contributed by atoms with Crippen molar-refractivity contribution in [3.05, 3.63) is 181 Å². The number of rotatable bonds is 4. The SMILES string of the molecule is N#Cc1ccc(-c2ccc(C#N)c(-c3cc(-n4c5ccccc5c5ccccc54)cc(-n4c5ccccc5c5c6oc7ccccc7c6ccc54)c3)c2)cc1. The molecule has 0 N–H and O–H groups in total. The van der Waals surface area contributed by atoms with Gasteiger partial charge in [0.15, 0.2) is 0 Å². The lowest BCUT2D eigenvalue weighted by molar-refractivity contribution is 0.673. The van der Waals surface area contributed by atoms with Crippen molar-refractivity contribution >= 4 is 65.6 Å². The summed E-state index contributed by atoms with van der Waals surface area (Å²) in [4.78, 5) is 0. The van der Waals surface area contributed by atoms with Gasteiger partial charge in [0.1, 0.15) is 11.2 Å². The second kappa shape index (κ2) is 11.8. The monoisotopic (exact) mass is 700 g/mol. The minimum atomic E-state index is 0.578. The molecule has 0 unspecified atom stereocenters. The van der Waals surface area contributed by atoms with Gasteiger partial charge in [-0.15, -0.1) is 0 Å². The highest BCUT2D eigenvalue weighted by atomic mass is 16.3. The van der Waals surface area contributed by atoms with E-state index < -0.39 is 0 Å². The smallest absolute Gasteiger partial charge is 0.145 e. The van der Waals surface area contributed by atoms with E-state index in [0.717, 1.165) is 88.4 Å². The summed E-state index contributed by atoms with van der Waals surface area (Å²) in [6.07, 6.45) is 0. The van der Waals surface area contributed by atoms with Gasteiger partial charge in [-0.2, -0.15) is 10.5 Å². The molecule has 0 aliphatic rings. The molecule has 0 aliphatic carbocycles. The Morgan fingerprint density at radius 1 is 0.418 bits per heavy atom. The van der Waals surface area contributed by atoms with Crippen molar-refractivity contribution in [1.29, 1.82) is 10.5 Å². The lowest BCUT2D eigenvalue weighted by atomic mass is 9.94. The molecule has 11 aromatic rings. The first-order valence-electron chi connectivity index (χ1n) is 18.2. The predicted octanol–water partition coefficient (Wildman–Crippen LogP) is 12.9. The van der Waals surface area contributed by atoms with Gasteiger partial charge in [-0.3, -0.25) is 0 Å². The van der Waals surface area contributed by atoms with Crippen molar-refractivity contribution in [1.82, 2.24) is 9.13 Å². The third-order valence-electron chi connectivity index (χ3n) is 11.0. The third kappa shape index (κ3) is 4.58. The van der Waals surface area contributed by atoms with Crippen LogP contribution in [0.4, 0.5) is 0 Å². The fraction of sp³-hybridized carbons (Fsp3) is 0. The highest BCUT2D eigenvalue weighted by Crippen LogP contribution is 2.42. The zero-order chi connectivity index (χ0) is 36.6. The summed E-state index contributed by atoms with van der Waals surface area (Å²) >= 11 is 0. The van der Waals surface area contributed by atoms with Crippen molar-refractivity contribution < 1.29 is 4.42 Å². The minimum Gasteiger partial charge on any atom is -0.455 e. The molecule has 0 saturated carbocycles. The van der Waals surface area contributed by atoms with Crippen molar-refractivity contribution in [2.45, 2.75) is 0 Å². The zero-order valence-corrected chi connectivity index (χ0v) is 29.4. The van der Waals surface area contributed by atoms with Gasteiger partial charge in [-0.1, -0.05) is 91.0 Å². The van der Waals surface area contributed by atoms with Gasteiger partial charge in [0.25, 0.3) is 0 Å². The highest BCUT2D eigenvalue weighted by molar-refractivity contribution is 6.24. The molecular formula is C50H28N4O. The Bertz CT molecular complexity index is 3400. The number of nitrogens with zero attached hydrogens (tertiary/aromatic N) is 4. The molecule has 8 aromatic carbocycles. The second-order valence-corrected chi connectivity index (χ2v) is 14.0. The number of hydrogen-bond donors (Lipinski definition) is 0. The zero-order valence-electron chi connectivity index (χ0n) is 29.4. The van der Waals surface area contributed by atoms with Gasteiger partial charge in [-0.25, -0.2) is 0 Å². The van der Waals surface area contributed by atoms with Gasteiger partial charge in [0.05, 0.1) is 50.7 Å². The van der Waals surface area contributed by atoms with Crippen molar-refractivity contribution in [3.8, 4) is 45.8 Å². The van der Waals surface area contributed by atoms with Crippen LogP contribution in [0.15, 0.2) is 174 Å². The van der Waals surface area contributed by atoms with Crippen LogP contribution in [0, 0.1) is 22.7 Å². The highest BCUT2D eigenvalue weighted by Gasteiger charge is 2.21. The Balaban J connectivity index is 1.25. The van der Waals surface area contributed by atoms with E-state index in [-0.39, 0.29) is 0 Å². The van der Waals surface area contributed by atoms with Crippen LogP contribution in [0.2, 0.25) is 0 Å². The molecule has 0 atom stereocenters. The number of benzene rings is 8. The molecule has 5 nitrogen and oxygen atoms in total. The van der Waals surface area contributed by atoms with Gasteiger partial charge in [0, 0.05) is 43.9 Å². The molecule has 0 spiro atoms. The quantitative estimate of drug-likeness (QED) is 0.183. The molecule has 0 amide bonds. The predicted molar refractivity (Wildman–Crippen MR) is 223 cm³/mol. The lowest BCUT2D eigenvalue weighted by Gasteiger charge is -2.17. The number of hydrogen-bond acceptors (Lipinski definition) is 3. The second-order valence-electron chi connectivity index (χ2n) is 14.0. The molecule has 254 valence electrons. The van der Waals surface area contributed by atoms with E-state index in [9.17, 15) is 10.5 Å². The van der Waals surface area contributed by atoms with E-state index in [1.54, 1.807) is 0 Å². The summed E-state index contributed by atoms with van der Waals surface area (Å²) in [5, 5.41) is 26.7. The summed E-state index contributed by atoms with van der Waals surface area (Å²) in [5.74, 6) is 0. The Morgan fingerprint density at radius 3 is 1.67 bits per heavy atom. The molecule has 0 saturated heterocycles. The van der Waals surface area contributed by atoms with Crippen LogP contribution in [0.5, 0.6) is 0 Å². The molecule has 3 heterocycles. The maximum Gasteiger partial charge on any atom is 0.145 e. The largest absolute Gasteiger partial charge is 0.455 e. The first-order valence-corrected chi connectivity index (χ1v) is 18.2. The van der Waals surface area contributed by atoms with E-state index in [1.807, 2.05) is 48.5 Å². The van der Waals surface area contributed by atoms with Crippen LogP contribution >= 0.6 is 0 Å². The lowest BCUT2D eigenvalue weighted by Crippen LogP contribution is -2.00. The summed E-state index contributed by atoms with van der Waals surface area (Å²) in [7, 11) is 0. The number of aromatic nitrogens is 2. The number of nitriles is 2. The number of para-hydroxylation sites is 4. The number of fused-ring (bicyclic) bond motifs is 10. The molecule has 0 bridgehead atoms. The Kier molecular flexibility index (Phi) is 6.61. The third-order valence-corrected chi connectivity index (χ3v) is 11.0. The summed E-state index contributed by atoms with van der Waals surface area (Å²) in [6, 6.07) is 63.1. The van der Waals surface area contributed by atoms with Crippen molar-refractivity contribution in [2.24, 2.45) is 0 Å². The minimum absolute atomic E-state index is 0.578. The molecule has 11 rings (SSSR count). The first-order chi connectivity index (χ1) is 27.2. The topological polar surface area (TPSA) is 70.6 Å². The van der Waals surface area contributed by atoms with Crippen LogP contribution in [0.1, 0.15) is 11.1 Å². The Hall–Kier alpha value is -7.86. The fourth-order valence-corrected chi connectivity index (χ4v) is 8.52. The van der Waals surface area contributed by atoms with Gasteiger partial charge >= 0.3 is 0 Å². The molecule has 0 fully saturated rings. The molecule has 5 heteroatoms. The van der Waals surface area contributed by atoms with Crippen LogP contribution in [0.25, 0.3) is 99.2 Å². The van der Waals surface area contributed by atoms with Crippen LogP contribution in [0.3, 0.4) is 0 Å². The molecule has 3 aromatic heterocycles. The van der Waals surface area contributed by atoms with Crippen LogP contribution < -0.4 is 0 Å². The Morgan fingerprint density at radius 2 is 1.00 bits per heavy atom. The van der Waals surface area contributed by atoms with E-state index in [1.165, 1.54) is 10.8 Å². The van der Waals surface area contributed by atoms with Gasteiger partial charge in [-0.05, 0) is 95.6 Å². The first kappa shape index (κ1) is 30.7. The van der Waals surface area contributed by atoms with Gasteiger partial charge in [0.2, 0.25) is 0 Å². The van der Waals surface area contributed by atoms with Crippen molar-refractivity contribution in [3.63, 3.8) is 0 Å². The molecule has 0 radical (unpaired) electrons. The fourth-order valence-electron chi connectivity index (χ4n) is 8.52. The standard InChI is InChI=1S/C50H28N4O/c51-29-31-17-19-32(20-18-31)33-21-22-34(30-52)43(27-33)35-25-36(53-44-13-5-1-9-38(44)39-10-2-6-14-45(39)53)28-37(26-35)54-46-15-7-3-12-42(46)49-47(54)24-23-41-40-11-4-8-16-48(40)55-50(41)49/h1-28H. The normalized spacial score (nSPS) is 11.6. The number of furan rings is 1. The molecule has 55 heavy (non-hydrogen) atoms. The molecular weight excluding hydrogens is 673 g/mol. The van der Waals surface area contributed by atoms with Crippen molar-refractivity contribution in [2.75, 3.05) is 0 Å². The Labute approximate surface area is 315 Å². The van der Waals surface area contributed by atoms with Crippen LogP contribution in [-0.2, 0) is 0 Å². The average Bonchev–Trinajstić information content (AvgIpc) is 3.91. The van der Waals surface area contributed by atoms with E-state index in [4.69, 9.17) is 4.42 Å². The van der Waals surface area contributed by atoms with Crippen LogP contribution in [-0.4, -0.2) is 9.13 Å². The molecule has 0 aliphatic heterocycles. The van der Waals surface area contributed by atoms with E-state index >= 15 is 0 Å². The maximum absolute atomic E-state index is 10.5. The van der Waals surface area contributed by atoms with Gasteiger partial charge < -0.3 is 13.6 Å². The average molecular weight is 701 g/mol. The summed E-state index contributed by atoms with van der Waals surface area (Å²) in [6.45, 7) is 0. The van der Waals surface area contributed by atoms with E-state index in [2.05, 4.69) is 143 Å². The maximum atomic E-state index is 10.5. The summed E-state index contributed by atoms with van der Waals surface area (Å²) in [5.41, 5.74) is 12.8. The summed E-state index contributed by atoms with van der Waals surface area (Å²) < 4.78 is 11.3.